The zero-order valence-electron chi connectivity index (χ0n) is 12.2. The molecule has 1 aliphatic rings. The van der Waals surface area contributed by atoms with E-state index in [9.17, 15) is 15.0 Å². The number of rotatable bonds is 3. The zero-order chi connectivity index (χ0) is 15.7. The van der Waals surface area contributed by atoms with Crippen molar-refractivity contribution >= 4 is 11.9 Å². The van der Waals surface area contributed by atoms with Crippen LogP contribution in [0.4, 0.5) is 0 Å². The highest BCUT2D eigenvalue weighted by Crippen LogP contribution is 2.34. The number of allylic oxidation sites excluding steroid dienone is 1. The molecule has 112 valence electrons. The molecule has 0 aliphatic heterocycles. The fraction of sp³-hybridized carbons (Fsp3) is 0.167. The van der Waals surface area contributed by atoms with Crippen molar-refractivity contribution in [1.29, 1.82) is 0 Å². The average Bonchev–Trinajstić information content (AvgIpc) is 2.81. The van der Waals surface area contributed by atoms with Gasteiger partial charge in [0, 0.05) is 23.1 Å². The second-order valence-corrected chi connectivity index (χ2v) is 5.14. The number of phenols is 2. The molecule has 0 heterocycles. The van der Waals surface area contributed by atoms with Gasteiger partial charge in [0.2, 0.25) is 0 Å². The molecule has 0 saturated carbocycles. The first-order chi connectivity index (χ1) is 10.6. The van der Waals surface area contributed by atoms with Crippen LogP contribution in [0.1, 0.15) is 28.4 Å². The molecule has 2 aromatic rings. The van der Waals surface area contributed by atoms with Gasteiger partial charge >= 0.3 is 0 Å². The Kier molecular flexibility index (Phi) is 3.59. The molecule has 2 N–H and O–H groups in total. The Hall–Kier alpha value is -2.75. The molecule has 0 spiro atoms. The minimum absolute atomic E-state index is 0.0719. The Balaban J connectivity index is 1.96. The Labute approximate surface area is 128 Å². The second kappa shape index (κ2) is 5.56. The van der Waals surface area contributed by atoms with Crippen LogP contribution in [0.25, 0.3) is 6.08 Å². The molecule has 0 fully saturated rings. The van der Waals surface area contributed by atoms with Gasteiger partial charge in [-0.2, -0.15) is 0 Å². The first-order valence-electron chi connectivity index (χ1n) is 7.12. The van der Waals surface area contributed by atoms with E-state index in [4.69, 9.17) is 4.74 Å². The van der Waals surface area contributed by atoms with E-state index in [1.165, 1.54) is 0 Å². The number of ketones is 1. The van der Waals surface area contributed by atoms with E-state index in [0.29, 0.717) is 35.5 Å². The first-order valence-corrected chi connectivity index (χ1v) is 7.12. The molecule has 22 heavy (non-hydrogen) atoms. The second-order valence-electron chi connectivity index (χ2n) is 5.14. The molecule has 4 heteroatoms. The molecule has 3 rings (SSSR count). The van der Waals surface area contributed by atoms with E-state index in [-0.39, 0.29) is 17.3 Å². The van der Waals surface area contributed by atoms with Crippen LogP contribution < -0.4 is 4.74 Å². The van der Waals surface area contributed by atoms with E-state index in [2.05, 4.69) is 0 Å². The van der Waals surface area contributed by atoms with Crippen LogP contribution in [-0.2, 0) is 6.42 Å². The summed E-state index contributed by atoms with van der Waals surface area (Å²) in [7, 11) is 0. The minimum atomic E-state index is -0.0723. The van der Waals surface area contributed by atoms with Gasteiger partial charge in [-0.25, -0.2) is 0 Å². The third kappa shape index (κ3) is 2.44. The smallest absolute Gasteiger partial charge is 0.189 e. The zero-order valence-corrected chi connectivity index (χ0v) is 12.2. The Morgan fingerprint density at radius 3 is 2.73 bits per heavy atom. The summed E-state index contributed by atoms with van der Waals surface area (Å²) in [6.45, 7) is 2.29. The number of hydrogen-bond acceptors (Lipinski definition) is 4. The van der Waals surface area contributed by atoms with Crippen molar-refractivity contribution in [3.63, 3.8) is 0 Å². The number of benzene rings is 2. The maximum atomic E-state index is 12.4. The van der Waals surface area contributed by atoms with Gasteiger partial charge in [-0.05, 0) is 36.8 Å². The fourth-order valence-electron chi connectivity index (χ4n) is 2.63. The largest absolute Gasteiger partial charge is 0.508 e. The number of aromatic hydroxyl groups is 2. The lowest BCUT2D eigenvalue weighted by Gasteiger charge is -2.06. The summed E-state index contributed by atoms with van der Waals surface area (Å²) in [5, 5.41) is 19.6. The standard InChI is InChI=1S/C18H16O4/c1-2-22-17-9-11(6-7-16(17)20)8-12-10-14-13(18(12)21)4-3-5-15(14)19/h3-9,19-20H,2,10H2,1H3/b12-8+. The van der Waals surface area contributed by atoms with Gasteiger partial charge in [0.05, 0.1) is 6.61 Å². The number of ether oxygens (including phenoxy) is 1. The lowest BCUT2D eigenvalue weighted by Crippen LogP contribution is -1.95. The lowest BCUT2D eigenvalue weighted by atomic mass is 10.1. The van der Waals surface area contributed by atoms with E-state index >= 15 is 0 Å². The number of carbonyl (C=O) groups excluding carboxylic acids is 1. The highest BCUT2D eigenvalue weighted by atomic mass is 16.5. The molecular formula is C18H16O4. The summed E-state index contributed by atoms with van der Waals surface area (Å²) in [6, 6.07) is 9.94. The monoisotopic (exact) mass is 296 g/mol. The van der Waals surface area contributed by atoms with Crippen LogP contribution in [0.2, 0.25) is 0 Å². The Morgan fingerprint density at radius 1 is 1.18 bits per heavy atom. The molecule has 0 unspecified atom stereocenters. The van der Waals surface area contributed by atoms with Crippen LogP contribution in [0.15, 0.2) is 42.0 Å². The van der Waals surface area contributed by atoms with Gasteiger partial charge in [-0.3, -0.25) is 4.79 Å². The van der Waals surface area contributed by atoms with Crippen molar-refractivity contribution in [1.82, 2.24) is 0 Å². The number of carbonyl (C=O) groups is 1. The van der Waals surface area contributed by atoms with Crippen molar-refractivity contribution in [3.8, 4) is 17.2 Å². The predicted octanol–water partition coefficient (Wildman–Crippen LogP) is 3.32. The summed E-state index contributed by atoms with van der Waals surface area (Å²) in [6.07, 6.45) is 2.18. The normalized spacial score (nSPS) is 15.1. The number of phenolic OH excluding ortho intramolecular Hbond substituents is 2. The van der Waals surface area contributed by atoms with E-state index in [1.807, 2.05) is 6.92 Å². The van der Waals surface area contributed by atoms with Crippen molar-refractivity contribution in [2.75, 3.05) is 6.61 Å². The van der Waals surface area contributed by atoms with Gasteiger partial charge in [-0.15, -0.1) is 0 Å². The Morgan fingerprint density at radius 2 is 2.00 bits per heavy atom. The number of Topliss-reactive ketones (excluding diaryl/α,β-unsaturated/α-hetero) is 1. The third-order valence-electron chi connectivity index (χ3n) is 3.68. The van der Waals surface area contributed by atoms with Crippen molar-refractivity contribution in [2.24, 2.45) is 0 Å². The predicted molar refractivity (Wildman–Crippen MR) is 83.4 cm³/mol. The summed E-state index contributed by atoms with van der Waals surface area (Å²) in [4.78, 5) is 12.4. The number of fused-ring (bicyclic) bond motifs is 1. The van der Waals surface area contributed by atoms with Crippen LogP contribution in [0.3, 0.4) is 0 Å². The summed E-state index contributed by atoms with van der Waals surface area (Å²) >= 11 is 0. The molecule has 0 saturated heterocycles. The van der Waals surface area contributed by atoms with Crippen LogP contribution >= 0.6 is 0 Å². The highest BCUT2D eigenvalue weighted by Gasteiger charge is 2.26. The molecule has 1 aliphatic carbocycles. The van der Waals surface area contributed by atoms with Crippen molar-refractivity contribution in [2.45, 2.75) is 13.3 Å². The molecular weight excluding hydrogens is 280 g/mol. The first kappa shape index (κ1) is 14.2. The molecule has 0 radical (unpaired) electrons. The van der Waals surface area contributed by atoms with Gasteiger partial charge in [0.15, 0.2) is 17.3 Å². The molecule has 4 nitrogen and oxygen atoms in total. The lowest BCUT2D eigenvalue weighted by molar-refractivity contribution is 0.104. The van der Waals surface area contributed by atoms with Crippen molar-refractivity contribution < 1.29 is 19.7 Å². The maximum Gasteiger partial charge on any atom is 0.189 e. The van der Waals surface area contributed by atoms with E-state index in [1.54, 1.807) is 42.5 Å². The SMILES string of the molecule is CCOc1cc(/C=C2\Cc3c(O)cccc3C2=O)ccc1O. The maximum absolute atomic E-state index is 12.4. The van der Waals surface area contributed by atoms with Gasteiger partial charge in [0.25, 0.3) is 0 Å². The van der Waals surface area contributed by atoms with E-state index in [0.717, 1.165) is 5.56 Å². The summed E-state index contributed by atoms with van der Waals surface area (Å²) in [5.74, 6) is 0.539. The van der Waals surface area contributed by atoms with Gasteiger partial charge in [0.1, 0.15) is 5.75 Å². The molecule has 2 aromatic carbocycles. The third-order valence-corrected chi connectivity index (χ3v) is 3.68. The molecule has 0 amide bonds. The molecule has 0 aromatic heterocycles. The van der Waals surface area contributed by atoms with E-state index < -0.39 is 0 Å². The van der Waals surface area contributed by atoms with Crippen LogP contribution in [-0.4, -0.2) is 22.6 Å². The topological polar surface area (TPSA) is 66.8 Å². The van der Waals surface area contributed by atoms with Gasteiger partial charge < -0.3 is 14.9 Å². The summed E-state index contributed by atoms with van der Waals surface area (Å²) in [5.41, 5.74) is 2.61. The van der Waals surface area contributed by atoms with Crippen LogP contribution in [0, 0.1) is 0 Å². The Bertz CT molecular complexity index is 775. The quantitative estimate of drug-likeness (QED) is 0.853. The van der Waals surface area contributed by atoms with Crippen LogP contribution in [0.5, 0.6) is 17.2 Å². The highest BCUT2D eigenvalue weighted by molar-refractivity contribution is 6.16. The molecule has 0 bridgehead atoms. The molecule has 0 atom stereocenters. The minimum Gasteiger partial charge on any atom is -0.508 e. The van der Waals surface area contributed by atoms with Crippen molar-refractivity contribution in [3.05, 3.63) is 58.7 Å². The summed E-state index contributed by atoms with van der Waals surface area (Å²) < 4.78 is 5.35. The number of hydrogen-bond donors (Lipinski definition) is 2. The average molecular weight is 296 g/mol. The fourth-order valence-corrected chi connectivity index (χ4v) is 2.63. The van der Waals surface area contributed by atoms with Gasteiger partial charge in [-0.1, -0.05) is 18.2 Å².